The Morgan fingerprint density at radius 3 is 2.33 bits per heavy atom. The molecule has 1 aliphatic heterocycles. The number of nitrogens with zero attached hydrogens (tertiary/aromatic N) is 1. The molecule has 0 unspecified atom stereocenters. The zero-order valence-corrected chi connectivity index (χ0v) is 14.8. The second kappa shape index (κ2) is 7.69. The minimum absolute atomic E-state index is 0.109. The van der Waals surface area contributed by atoms with Crippen molar-refractivity contribution in [3.63, 3.8) is 0 Å². The lowest BCUT2D eigenvalue weighted by Gasteiger charge is -2.36. The lowest BCUT2D eigenvalue weighted by atomic mass is 9.80. The molecule has 0 bridgehead atoms. The van der Waals surface area contributed by atoms with Gasteiger partial charge in [0.05, 0.1) is 5.41 Å². The van der Waals surface area contributed by atoms with Crippen LogP contribution in [0.4, 0.5) is 4.79 Å². The van der Waals surface area contributed by atoms with Gasteiger partial charge in [-0.1, -0.05) is 38.1 Å². The Morgan fingerprint density at radius 1 is 1.21 bits per heavy atom. The van der Waals surface area contributed by atoms with Crippen molar-refractivity contribution < 1.29 is 14.7 Å². The molecule has 5 heteroatoms. The number of carboxylic acid groups (broad SMARTS) is 1. The molecule has 0 radical (unpaired) electrons. The SMILES string of the molecule is CC(C)Cc1ccccc1CNC(=O)N1CCC(C)(C(=O)O)CC1. The van der Waals surface area contributed by atoms with E-state index in [9.17, 15) is 14.7 Å². The van der Waals surface area contributed by atoms with Gasteiger partial charge in [0.15, 0.2) is 0 Å². The molecule has 2 rings (SSSR count). The summed E-state index contributed by atoms with van der Waals surface area (Å²) in [5, 5.41) is 12.2. The highest BCUT2D eigenvalue weighted by atomic mass is 16.4. The van der Waals surface area contributed by atoms with Crippen LogP contribution in [0.25, 0.3) is 0 Å². The molecule has 0 atom stereocenters. The van der Waals surface area contributed by atoms with Gasteiger partial charge in [-0.2, -0.15) is 0 Å². The number of aliphatic carboxylic acids is 1. The molecular weight excluding hydrogens is 304 g/mol. The van der Waals surface area contributed by atoms with Crippen LogP contribution in [0.2, 0.25) is 0 Å². The van der Waals surface area contributed by atoms with Crippen molar-refractivity contribution in [3.05, 3.63) is 35.4 Å². The van der Waals surface area contributed by atoms with Gasteiger partial charge in [0, 0.05) is 19.6 Å². The second-order valence-electron chi connectivity index (χ2n) is 7.38. The third-order valence-corrected chi connectivity index (χ3v) is 4.85. The van der Waals surface area contributed by atoms with Crippen LogP contribution in [0, 0.1) is 11.3 Å². The van der Waals surface area contributed by atoms with Crippen molar-refractivity contribution in [2.75, 3.05) is 13.1 Å². The van der Waals surface area contributed by atoms with Crippen LogP contribution < -0.4 is 5.32 Å². The average molecular weight is 332 g/mol. The summed E-state index contributed by atoms with van der Waals surface area (Å²) in [7, 11) is 0. The Labute approximate surface area is 144 Å². The van der Waals surface area contributed by atoms with Crippen molar-refractivity contribution >= 4 is 12.0 Å². The largest absolute Gasteiger partial charge is 0.481 e. The van der Waals surface area contributed by atoms with Crippen molar-refractivity contribution in [1.82, 2.24) is 10.2 Å². The zero-order valence-electron chi connectivity index (χ0n) is 14.8. The number of rotatable bonds is 5. The molecule has 1 heterocycles. The summed E-state index contributed by atoms with van der Waals surface area (Å²) < 4.78 is 0. The lowest BCUT2D eigenvalue weighted by Crippen LogP contribution is -2.48. The predicted octanol–water partition coefficient (Wildman–Crippen LogP) is 3.28. The molecule has 1 aromatic carbocycles. The first-order valence-electron chi connectivity index (χ1n) is 8.65. The van der Waals surface area contributed by atoms with Gasteiger partial charge in [0.1, 0.15) is 0 Å². The maximum absolute atomic E-state index is 12.4. The Bertz CT molecular complexity index is 590. The quantitative estimate of drug-likeness (QED) is 0.869. The van der Waals surface area contributed by atoms with E-state index < -0.39 is 11.4 Å². The summed E-state index contributed by atoms with van der Waals surface area (Å²) in [4.78, 5) is 25.3. The first-order chi connectivity index (χ1) is 11.3. The number of amides is 2. The van der Waals surface area contributed by atoms with E-state index in [0.717, 1.165) is 12.0 Å². The molecule has 1 saturated heterocycles. The monoisotopic (exact) mass is 332 g/mol. The minimum atomic E-state index is -0.773. The van der Waals surface area contributed by atoms with Crippen LogP contribution in [-0.4, -0.2) is 35.1 Å². The van der Waals surface area contributed by atoms with Crippen molar-refractivity contribution in [2.24, 2.45) is 11.3 Å². The predicted molar refractivity (Wildman–Crippen MR) is 93.8 cm³/mol. The molecule has 5 nitrogen and oxygen atoms in total. The average Bonchev–Trinajstić information content (AvgIpc) is 2.54. The van der Waals surface area contributed by atoms with E-state index in [4.69, 9.17) is 0 Å². The Morgan fingerprint density at radius 2 is 1.79 bits per heavy atom. The summed E-state index contributed by atoms with van der Waals surface area (Å²) >= 11 is 0. The summed E-state index contributed by atoms with van der Waals surface area (Å²) in [5.74, 6) is -0.206. The fourth-order valence-electron chi connectivity index (χ4n) is 3.07. The number of nitrogens with one attached hydrogen (secondary N) is 1. The number of urea groups is 1. The topological polar surface area (TPSA) is 69.6 Å². The number of carbonyl (C=O) groups is 2. The second-order valence-corrected chi connectivity index (χ2v) is 7.38. The molecule has 2 amide bonds. The molecule has 0 aromatic heterocycles. The molecule has 1 aromatic rings. The number of likely N-dealkylation sites (tertiary alicyclic amines) is 1. The van der Waals surface area contributed by atoms with E-state index >= 15 is 0 Å². The molecule has 24 heavy (non-hydrogen) atoms. The maximum Gasteiger partial charge on any atom is 0.317 e. The van der Waals surface area contributed by atoms with E-state index in [-0.39, 0.29) is 6.03 Å². The van der Waals surface area contributed by atoms with E-state index in [1.54, 1.807) is 11.8 Å². The van der Waals surface area contributed by atoms with Crippen LogP contribution in [0.5, 0.6) is 0 Å². The Hall–Kier alpha value is -2.04. The van der Waals surface area contributed by atoms with Crippen LogP contribution in [0.3, 0.4) is 0 Å². The molecule has 1 aliphatic rings. The lowest BCUT2D eigenvalue weighted by molar-refractivity contribution is -0.150. The standard InChI is InChI=1S/C19H28N2O3/c1-14(2)12-15-6-4-5-7-16(15)13-20-18(24)21-10-8-19(3,9-11-21)17(22)23/h4-7,14H,8-13H2,1-3H3,(H,20,24)(H,22,23). The van der Waals surface area contributed by atoms with Gasteiger partial charge in [-0.3, -0.25) is 4.79 Å². The van der Waals surface area contributed by atoms with Gasteiger partial charge in [-0.05, 0) is 43.2 Å². The van der Waals surface area contributed by atoms with Gasteiger partial charge in [-0.25, -0.2) is 4.79 Å². The number of carboxylic acids is 1. The number of carbonyl (C=O) groups excluding carboxylic acids is 1. The first-order valence-corrected chi connectivity index (χ1v) is 8.65. The molecule has 0 saturated carbocycles. The van der Waals surface area contributed by atoms with E-state index in [1.165, 1.54) is 5.56 Å². The van der Waals surface area contributed by atoms with Gasteiger partial charge < -0.3 is 15.3 Å². The molecule has 0 aliphatic carbocycles. The van der Waals surface area contributed by atoms with Gasteiger partial charge >= 0.3 is 12.0 Å². The highest BCUT2D eigenvalue weighted by Crippen LogP contribution is 2.31. The summed E-state index contributed by atoms with van der Waals surface area (Å²) in [6.45, 7) is 7.61. The van der Waals surface area contributed by atoms with Crippen molar-refractivity contribution in [2.45, 2.75) is 46.6 Å². The first kappa shape index (κ1) is 18.3. The molecule has 132 valence electrons. The van der Waals surface area contributed by atoms with Crippen LogP contribution in [-0.2, 0) is 17.8 Å². The molecule has 0 spiro atoms. The normalized spacial score (nSPS) is 16.9. The minimum Gasteiger partial charge on any atom is -0.481 e. The van der Waals surface area contributed by atoms with Crippen LogP contribution in [0.15, 0.2) is 24.3 Å². The number of hydrogen-bond donors (Lipinski definition) is 2. The summed E-state index contributed by atoms with van der Waals surface area (Å²) in [5.41, 5.74) is 1.71. The highest BCUT2D eigenvalue weighted by molar-refractivity contribution is 5.77. The number of piperidine rings is 1. The molecule has 2 N–H and O–H groups in total. The third-order valence-electron chi connectivity index (χ3n) is 4.85. The molecular formula is C19H28N2O3. The fraction of sp³-hybridized carbons (Fsp3) is 0.579. The Kier molecular flexibility index (Phi) is 5.86. The van der Waals surface area contributed by atoms with E-state index in [1.807, 2.05) is 12.1 Å². The highest BCUT2D eigenvalue weighted by Gasteiger charge is 2.37. The zero-order chi connectivity index (χ0) is 17.7. The fourth-order valence-corrected chi connectivity index (χ4v) is 3.07. The van der Waals surface area contributed by atoms with Crippen LogP contribution >= 0.6 is 0 Å². The third kappa shape index (κ3) is 4.49. The maximum atomic E-state index is 12.4. The molecule has 1 fully saturated rings. The number of hydrogen-bond acceptors (Lipinski definition) is 2. The van der Waals surface area contributed by atoms with Crippen molar-refractivity contribution in [1.29, 1.82) is 0 Å². The van der Waals surface area contributed by atoms with Crippen LogP contribution in [0.1, 0.15) is 44.7 Å². The summed E-state index contributed by atoms with van der Waals surface area (Å²) in [6, 6.07) is 8.07. The van der Waals surface area contributed by atoms with E-state index in [2.05, 4.69) is 31.3 Å². The van der Waals surface area contributed by atoms with Crippen molar-refractivity contribution in [3.8, 4) is 0 Å². The smallest absolute Gasteiger partial charge is 0.317 e. The van der Waals surface area contributed by atoms with Gasteiger partial charge in [-0.15, -0.1) is 0 Å². The van der Waals surface area contributed by atoms with Gasteiger partial charge in [0.2, 0.25) is 0 Å². The summed E-state index contributed by atoms with van der Waals surface area (Å²) in [6.07, 6.45) is 1.99. The Balaban J connectivity index is 1.90. The van der Waals surface area contributed by atoms with E-state index in [0.29, 0.717) is 38.4 Å². The number of benzene rings is 1. The van der Waals surface area contributed by atoms with Gasteiger partial charge in [0.25, 0.3) is 0 Å².